The predicted octanol–water partition coefficient (Wildman–Crippen LogP) is -0.186. The first-order valence-electron chi connectivity index (χ1n) is 3.02. The van der Waals surface area contributed by atoms with Crippen LogP contribution in [0.5, 0.6) is 0 Å². The lowest BCUT2D eigenvalue weighted by atomic mass is 10.6. The first-order chi connectivity index (χ1) is 5.33. The Morgan fingerprint density at radius 2 is 2.18 bits per heavy atom. The first kappa shape index (κ1) is 7.30. The maximum atomic E-state index is 3.84. The van der Waals surface area contributed by atoms with Gasteiger partial charge >= 0.3 is 0 Å². The third-order valence-corrected chi connectivity index (χ3v) is 0.857. The van der Waals surface area contributed by atoms with Gasteiger partial charge in [0.05, 0.1) is 6.04 Å². The van der Waals surface area contributed by atoms with Crippen LogP contribution in [0.2, 0.25) is 0 Å². The van der Waals surface area contributed by atoms with Crippen LogP contribution in [0.3, 0.4) is 0 Å². The fourth-order valence-corrected chi connectivity index (χ4v) is 0.472. The average molecular weight is 146 g/mol. The Kier molecular flexibility index (Phi) is 2.24. The summed E-state index contributed by atoms with van der Waals surface area (Å²) in [5.74, 6) is 8.35. The van der Waals surface area contributed by atoms with Gasteiger partial charge in [0.1, 0.15) is 0 Å². The van der Waals surface area contributed by atoms with Gasteiger partial charge in [0.15, 0.2) is 5.82 Å². The molecule has 0 atom stereocenters. The van der Waals surface area contributed by atoms with Crippen molar-refractivity contribution in [3.05, 3.63) is 5.82 Å². The lowest BCUT2D eigenvalue weighted by Gasteiger charge is -1.74. The topological polar surface area (TPSA) is 43.6 Å². The highest BCUT2D eigenvalue weighted by atomic mass is 15.6. The molecule has 0 aliphatic carbocycles. The van der Waals surface area contributed by atoms with E-state index in [9.17, 15) is 0 Å². The van der Waals surface area contributed by atoms with Gasteiger partial charge in [-0.1, -0.05) is 10.7 Å². The minimum absolute atomic E-state index is 0.601. The summed E-state index contributed by atoms with van der Waals surface area (Å²) in [5, 5.41) is 11.1. The van der Waals surface area contributed by atoms with E-state index in [2.05, 4.69) is 39.2 Å². The standard InChI is InChI=1S/C7H6N4/c1-3-4-5-6-11-9-7(2)8-10-11/h1-2H3. The molecule has 1 aromatic rings. The van der Waals surface area contributed by atoms with Crippen LogP contribution in [0.15, 0.2) is 0 Å². The van der Waals surface area contributed by atoms with Crippen LogP contribution in [-0.4, -0.2) is 20.2 Å². The van der Waals surface area contributed by atoms with Crippen LogP contribution in [-0.2, 0) is 0 Å². The summed E-state index contributed by atoms with van der Waals surface area (Å²) in [6.45, 7) is 3.46. The van der Waals surface area contributed by atoms with Crippen LogP contribution < -0.4 is 0 Å². The Morgan fingerprint density at radius 3 is 2.73 bits per heavy atom. The van der Waals surface area contributed by atoms with E-state index in [4.69, 9.17) is 0 Å². The molecular weight excluding hydrogens is 140 g/mol. The number of hydrogen-bond donors (Lipinski definition) is 0. The summed E-state index contributed by atoms with van der Waals surface area (Å²) < 4.78 is 0. The summed E-state index contributed by atoms with van der Waals surface area (Å²) in [4.78, 5) is 1.19. The maximum absolute atomic E-state index is 3.84. The largest absolute Gasteiger partial charge is 0.172 e. The normalized spacial score (nSPS) is 7.45. The molecule has 1 aromatic heterocycles. The molecule has 0 bridgehead atoms. The van der Waals surface area contributed by atoms with Crippen LogP contribution in [0.25, 0.3) is 0 Å². The summed E-state index contributed by atoms with van der Waals surface area (Å²) in [6, 6.07) is 2.57. The van der Waals surface area contributed by atoms with E-state index in [0.717, 1.165) is 0 Å². The maximum Gasteiger partial charge on any atom is 0.172 e. The van der Waals surface area contributed by atoms with E-state index in [-0.39, 0.29) is 0 Å². The van der Waals surface area contributed by atoms with Crippen molar-refractivity contribution >= 4 is 0 Å². The molecule has 0 unspecified atom stereocenters. The van der Waals surface area contributed by atoms with Gasteiger partial charge in [0.25, 0.3) is 0 Å². The van der Waals surface area contributed by atoms with Gasteiger partial charge in [0.2, 0.25) is 0 Å². The summed E-state index contributed by atoms with van der Waals surface area (Å²) in [5.41, 5.74) is 0. The van der Waals surface area contributed by atoms with Crippen molar-refractivity contribution in [2.75, 3.05) is 0 Å². The highest BCUT2D eigenvalue weighted by molar-refractivity contribution is 5.24. The van der Waals surface area contributed by atoms with Gasteiger partial charge in [-0.3, -0.25) is 0 Å². The van der Waals surface area contributed by atoms with Crippen LogP contribution >= 0.6 is 0 Å². The first-order valence-corrected chi connectivity index (χ1v) is 3.02. The molecule has 0 saturated heterocycles. The molecule has 0 saturated carbocycles. The third-order valence-electron chi connectivity index (χ3n) is 0.857. The lowest BCUT2D eigenvalue weighted by molar-refractivity contribution is 0.744. The molecule has 0 aromatic carbocycles. The SMILES string of the molecule is CC#CC#Cn1nnc(C)n1. The van der Waals surface area contributed by atoms with E-state index in [1.165, 1.54) is 4.80 Å². The molecule has 0 spiro atoms. The molecule has 1 rings (SSSR count). The van der Waals surface area contributed by atoms with Crippen molar-refractivity contribution in [3.63, 3.8) is 0 Å². The Balaban J connectivity index is 2.79. The molecule has 0 fully saturated rings. The van der Waals surface area contributed by atoms with Crippen molar-refractivity contribution < 1.29 is 0 Å². The zero-order valence-electron chi connectivity index (χ0n) is 6.29. The van der Waals surface area contributed by atoms with Crippen molar-refractivity contribution in [1.82, 2.24) is 20.2 Å². The van der Waals surface area contributed by atoms with Crippen molar-refractivity contribution in [3.8, 4) is 23.8 Å². The van der Waals surface area contributed by atoms with E-state index in [1.807, 2.05) is 0 Å². The average Bonchev–Trinajstić information content (AvgIpc) is 2.37. The smallest absolute Gasteiger partial charge is 0.123 e. The Morgan fingerprint density at radius 1 is 1.36 bits per heavy atom. The van der Waals surface area contributed by atoms with Crippen LogP contribution in [0, 0.1) is 30.7 Å². The molecule has 0 aliphatic heterocycles. The van der Waals surface area contributed by atoms with Crippen molar-refractivity contribution in [2.24, 2.45) is 0 Å². The third kappa shape index (κ3) is 2.11. The van der Waals surface area contributed by atoms with Crippen LogP contribution in [0.1, 0.15) is 12.7 Å². The molecule has 1 heterocycles. The molecule has 11 heavy (non-hydrogen) atoms. The monoisotopic (exact) mass is 146 g/mol. The number of aryl methyl sites for hydroxylation is 1. The molecule has 54 valence electrons. The fourth-order valence-electron chi connectivity index (χ4n) is 0.472. The van der Waals surface area contributed by atoms with Crippen molar-refractivity contribution in [2.45, 2.75) is 13.8 Å². The lowest BCUT2D eigenvalue weighted by Crippen LogP contribution is -1.93. The van der Waals surface area contributed by atoms with Gasteiger partial charge in [-0.05, 0) is 25.0 Å². The van der Waals surface area contributed by atoms with Gasteiger partial charge < -0.3 is 0 Å². The fraction of sp³-hybridized carbons (Fsp3) is 0.286. The molecule has 0 amide bonds. The number of aromatic nitrogens is 4. The van der Waals surface area contributed by atoms with Crippen LogP contribution in [0.4, 0.5) is 0 Å². The molecule has 0 aliphatic rings. The number of rotatable bonds is 0. The predicted molar refractivity (Wildman–Crippen MR) is 39.2 cm³/mol. The number of hydrogen-bond acceptors (Lipinski definition) is 3. The van der Waals surface area contributed by atoms with Gasteiger partial charge in [-0.15, -0.1) is 10.2 Å². The van der Waals surface area contributed by atoms with Crippen molar-refractivity contribution in [1.29, 1.82) is 0 Å². The van der Waals surface area contributed by atoms with E-state index >= 15 is 0 Å². The second-order valence-electron chi connectivity index (χ2n) is 1.74. The van der Waals surface area contributed by atoms with E-state index in [1.54, 1.807) is 13.8 Å². The highest BCUT2D eigenvalue weighted by Gasteiger charge is 1.89. The molecule has 0 radical (unpaired) electrons. The summed E-state index contributed by atoms with van der Waals surface area (Å²) >= 11 is 0. The van der Waals surface area contributed by atoms with Gasteiger partial charge in [0, 0.05) is 5.92 Å². The van der Waals surface area contributed by atoms with Gasteiger partial charge in [-0.2, -0.15) is 0 Å². The second-order valence-corrected chi connectivity index (χ2v) is 1.74. The van der Waals surface area contributed by atoms with Gasteiger partial charge in [-0.25, -0.2) is 0 Å². The summed E-state index contributed by atoms with van der Waals surface area (Å²) in [7, 11) is 0. The second kappa shape index (κ2) is 3.38. The molecule has 4 heteroatoms. The highest BCUT2D eigenvalue weighted by Crippen LogP contribution is 1.76. The quantitative estimate of drug-likeness (QED) is 0.476. The Labute approximate surface area is 64.6 Å². The molecule has 4 nitrogen and oxygen atoms in total. The summed E-state index contributed by atoms with van der Waals surface area (Å²) in [6.07, 6.45) is 0. The van der Waals surface area contributed by atoms with E-state index in [0.29, 0.717) is 5.82 Å². The zero-order chi connectivity index (χ0) is 8.10. The minimum atomic E-state index is 0.601. The molecular formula is C7H6N4. The number of tetrazole rings is 1. The Hall–Kier alpha value is -1.81. The minimum Gasteiger partial charge on any atom is -0.123 e. The number of nitrogens with zero attached hydrogens (tertiary/aromatic N) is 4. The Bertz CT molecular complexity index is 355. The van der Waals surface area contributed by atoms with E-state index < -0.39 is 0 Å². The molecule has 0 N–H and O–H groups in total. The zero-order valence-corrected chi connectivity index (χ0v) is 6.29.